The molecule has 0 aromatic heterocycles. The summed E-state index contributed by atoms with van der Waals surface area (Å²) in [6.45, 7) is 5.18. The first kappa shape index (κ1) is 13.4. The Hall–Kier alpha value is -0.570. The van der Waals surface area contributed by atoms with Crippen LogP contribution in [-0.4, -0.2) is 25.5 Å². The Morgan fingerprint density at radius 1 is 1.21 bits per heavy atom. The maximum absolute atomic E-state index is 11.3. The zero-order chi connectivity index (χ0) is 10.8. The van der Waals surface area contributed by atoms with Gasteiger partial charge in [-0.15, -0.1) is 0 Å². The third-order valence-electron chi connectivity index (χ3n) is 2.39. The molecule has 0 aliphatic rings. The lowest BCUT2D eigenvalue weighted by molar-refractivity contribution is -0.122. The topological polar surface area (TPSA) is 41.1 Å². The molecule has 0 aromatic carbocycles. The average molecular weight is 200 g/mol. The first-order valence-electron chi connectivity index (χ1n) is 5.71. The lowest BCUT2D eigenvalue weighted by Gasteiger charge is -2.14. The number of rotatable bonds is 8. The van der Waals surface area contributed by atoms with Gasteiger partial charge in [0.1, 0.15) is 0 Å². The molecule has 0 rings (SSSR count). The van der Waals surface area contributed by atoms with E-state index in [2.05, 4.69) is 17.6 Å². The van der Waals surface area contributed by atoms with Crippen LogP contribution in [0.3, 0.4) is 0 Å². The van der Waals surface area contributed by atoms with Gasteiger partial charge in [0.25, 0.3) is 0 Å². The van der Waals surface area contributed by atoms with Gasteiger partial charge in [0, 0.05) is 7.05 Å². The second-order valence-corrected chi connectivity index (χ2v) is 3.59. The van der Waals surface area contributed by atoms with Crippen LogP contribution >= 0.6 is 0 Å². The predicted molar refractivity (Wildman–Crippen MR) is 60.3 cm³/mol. The quantitative estimate of drug-likeness (QED) is 0.585. The Labute approximate surface area is 87.6 Å². The summed E-state index contributed by atoms with van der Waals surface area (Å²) in [4.78, 5) is 11.3. The van der Waals surface area contributed by atoms with Crippen LogP contribution in [0, 0.1) is 0 Å². The van der Waals surface area contributed by atoms with Crippen LogP contribution < -0.4 is 10.6 Å². The Morgan fingerprint density at radius 3 is 2.43 bits per heavy atom. The zero-order valence-corrected chi connectivity index (χ0v) is 9.73. The molecule has 84 valence electrons. The van der Waals surface area contributed by atoms with Crippen molar-refractivity contribution in [3.05, 3.63) is 0 Å². The van der Waals surface area contributed by atoms with Crippen LogP contribution in [0.5, 0.6) is 0 Å². The number of carbonyl (C=O) groups is 1. The molecule has 3 nitrogen and oxygen atoms in total. The molecule has 0 unspecified atom stereocenters. The summed E-state index contributed by atoms with van der Waals surface area (Å²) in [7, 11) is 1.68. The van der Waals surface area contributed by atoms with E-state index in [1.807, 2.05) is 6.92 Å². The van der Waals surface area contributed by atoms with Gasteiger partial charge < -0.3 is 10.6 Å². The maximum Gasteiger partial charge on any atom is 0.236 e. The monoisotopic (exact) mass is 200 g/mol. The lowest BCUT2D eigenvalue weighted by atomic mass is 10.1. The molecule has 1 atom stereocenters. The van der Waals surface area contributed by atoms with E-state index in [9.17, 15) is 4.79 Å². The molecular formula is C11H24N2O. The van der Waals surface area contributed by atoms with E-state index < -0.39 is 0 Å². The standard InChI is InChI=1S/C11H24N2O/c1-4-6-7-8-9-13-10(5-2)11(14)12-3/h10,13H,4-9H2,1-3H3,(H,12,14)/t10-/m0/s1. The molecule has 0 radical (unpaired) electrons. The normalized spacial score (nSPS) is 12.5. The molecule has 0 fully saturated rings. The predicted octanol–water partition coefficient (Wildman–Crippen LogP) is 1.68. The number of hydrogen-bond donors (Lipinski definition) is 2. The molecule has 0 heterocycles. The molecular weight excluding hydrogens is 176 g/mol. The van der Waals surface area contributed by atoms with Crippen LogP contribution in [0.25, 0.3) is 0 Å². The minimum atomic E-state index is -0.0124. The Kier molecular flexibility index (Phi) is 8.64. The summed E-state index contributed by atoms with van der Waals surface area (Å²) in [5, 5.41) is 5.93. The number of nitrogens with one attached hydrogen (secondary N) is 2. The zero-order valence-electron chi connectivity index (χ0n) is 9.73. The van der Waals surface area contributed by atoms with E-state index in [-0.39, 0.29) is 11.9 Å². The van der Waals surface area contributed by atoms with Gasteiger partial charge in [0.05, 0.1) is 6.04 Å². The van der Waals surface area contributed by atoms with E-state index in [0.29, 0.717) is 0 Å². The first-order valence-corrected chi connectivity index (χ1v) is 5.71. The molecule has 1 amide bonds. The molecule has 0 bridgehead atoms. The molecule has 0 aliphatic heterocycles. The molecule has 2 N–H and O–H groups in total. The third-order valence-corrected chi connectivity index (χ3v) is 2.39. The van der Waals surface area contributed by atoms with Gasteiger partial charge in [-0.1, -0.05) is 33.1 Å². The summed E-state index contributed by atoms with van der Waals surface area (Å²) in [6, 6.07) is -0.0124. The van der Waals surface area contributed by atoms with Crippen LogP contribution in [0.1, 0.15) is 46.0 Å². The van der Waals surface area contributed by atoms with Crippen LogP contribution in [0.4, 0.5) is 0 Å². The second kappa shape index (κ2) is 9.00. The van der Waals surface area contributed by atoms with Crippen molar-refractivity contribution in [2.45, 2.75) is 52.0 Å². The third kappa shape index (κ3) is 5.97. The highest BCUT2D eigenvalue weighted by Gasteiger charge is 2.12. The highest BCUT2D eigenvalue weighted by molar-refractivity contribution is 5.81. The van der Waals surface area contributed by atoms with Gasteiger partial charge >= 0.3 is 0 Å². The van der Waals surface area contributed by atoms with Gasteiger partial charge in [0.15, 0.2) is 0 Å². The van der Waals surface area contributed by atoms with Crippen LogP contribution in [0.15, 0.2) is 0 Å². The number of hydrogen-bond acceptors (Lipinski definition) is 2. The van der Waals surface area contributed by atoms with Crippen molar-refractivity contribution in [3.63, 3.8) is 0 Å². The highest BCUT2D eigenvalue weighted by Crippen LogP contribution is 1.98. The van der Waals surface area contributed by atoms with Crippen molar-refractivity contribution in [2.24, 2.45) is 0 Å². The van der Waals surface area contributed by atoms with Gasteiger partial charge in [-0.3, -0.25) is 4.79 Å². The fourth-order valence-corrected chi connectivity index (χ4v) is 1.42. The van der Waals surface area contributed by atoms with Crippen molar-refractivity contribution in [3.8, 4) is 0 Å². The average Bonchev–Trinajstić information content (AvgIpc) is 2.22. The minimum Gasteiger partial charge on any atom is -0.358 e. The van der Waals surface area contributed by atoms with E-state index in [0.717, 1.165) is 13.0 Å². The molecule has 0 saturated heterocycles. The molecule has 14 heavy (non-hydrogen) atoms. The van der Waals surface area contributed by atoms with E-state index in [1.54, 1.807) is 7.05 Å². The lowest BCUT2D eigenvalue weighted by Crippen LogP contribution is -2.42. The summed E-state index contributed by atoms with van der Waals surface area (Å²) < 4.78 is 0. The van der Waals surface area contributed by atoms with Crippen molar-refractivity contribution in [1.82, 2.24) is 10.6 Å². The van der Waals surface area contributed by atoms with Crippen LogP contribution in [-0.2, 0) is 4.79 Å². The summed E-state index contributed by atoms with van der Waals surface area (Å²) in [5.74, 6) is 0.1000. The SMILES string of the molecule is CCCCCCN[C@@H](CC)C(=O)NC. The largest absolute Gasteiger partial charge is 0.358 e. The van der Waals surface area contributed by atoms with Gasteiger partial charge in [-0.2, -0.15) is 0 Å². The highest BCUT2D eigenvalue weighted by atomic mass is 16.2. The van der Waals surface area contributed by atoms with Crippen molar-refractivity contribution >= 4 is 5.91 Å². The summed E-state index contributed by atoms with van der Waals surface area (Å²) in [5.41, 5.74) is 0. The van der Waals surface area contributed by atoms with Crippen molar-refractivity contribution in [2.75, 3.05) is 13.6 Å². The molecule has 0 aromatic rings. The number of unbranched alkanes of at least 4 members (excludes halogenated alkanes) is 3. The minimum absolute atomic E-state index is 0.0124. The van der Waals surface area contributed by atoms with Gasteiger partial charge in [-0.05, 0) is 19.4 Å². The maximum atomic E-state index is 11.3. The fraction of sp³-hybridized carbons (Fsp3) is 0.909. The van der Waals surface area contributed by atoms with Gasteiger partial charge in [0.2, 0.25) is 5.91 Å². The Morgan fingerprint density at radius 2 is 1.93 bits per heavy atom. The smallest absolute Gasteiger partial charge is 0.236 e. The first-order chi connectivity index (χ1) is 6.76. The van der Waals surface area contributed by atoms with Gasteiger partial charge in [-0.25, -0.2) is 0 Å². The fourth-order valence-electron chi connectivity index (χ4n) is 1.42. The number of carbonyl (C=O) groups excluding carboxylic acids is 1. The van der Waals surface area contributed by atoms with Crippen molar-refractivity contribution < 1.29 is 4.79 Å². The molecule has 3 heteroatoms. The molecule has 0 saturated carbocycles. The number of likely N-dealkylation sites (N-methyl/N-ethyl adjacent to an activating group) is 1. The van der Waals surface area contributed by atoms with E-state index in [4.69, 9.17) is 0 Å². The van der Waals surface area contributed by atoms with Crippen molar-refractivity contribution in [1.29, 1.82) is 0 Å². The molecule has 0 spiro atoms. The Balaban J connectivity index is 3.48. The summed E-state index contributed by atoms with van der Waals surface area (Å²) in [6.07, 6.45) is 5.83. The van der Waals surface area contributed by atoms with Crippen LogP contribution in [0.2, 0.25) is 0 Å². The van der Waals surface area contributed by atoms with E-state index >= 15 is 0 Å². The number of amides is 1. The second-order valence-electron chi connectivity index (χ2n) is 3.59. The molecule has 0 aliphatic carbocycles. The van der Waals surface area contributed by atoms with E-state index in [1.165, 1.54) is 25.7 Å². The summed E-state index contributed by atoms with van der Waals surface area (Å²) >= 11 is 0. The Bertz CT molecular complexity index is 148.